The molecule has 6 radical (unpaired) electrons. The van der Waals surface area contributed by atoms with Gasteiger partial charge in [-0.1, -0.05) is 0 Å². The molecule has 1 aromatic carbocycles. The van der Waals surface area contributed by atoms with Crippen molar-refractivity contribution >= 4 is 45.2 Å². The molecule has 0 aliphatic heterocycles. The standard InChI is InChI=1S/C25H24B3N5O5S/c1-39(36,37)19-6-14(16-12-31-33(13-16)25(26,27)28)5-15(7-19)22(35)32-17-8-24(9-17)10-18(11-24)38-23-20(21(29)34)3-2-4-30-23/h2-7,12-13,17-18H,8-11H2,1H3,(H2,29,34)(H,32,35). The average molecular weight is 539 g/mol. The molecule has 3 aromatic rings. The molecule has 5 rings (SSSR count). The molecule has 2 aliphatic carbocycles. The van der Waals surface area contributed by atoms with Crippen LogP contribution in [0.15, 0.2) is 53.8 Å². The van der Waals surface area contributed by atoms with Gasteiger partial charge >= 0.3 is 0 Å². The Balaban J connectivity index is 1.24. The lowest BCUT2D eigenvalue weighted by molar-refractivity contribution is -0.0848. The second kappa shape index (κ2) is 9.58. The molecule has 14 heteroatoms. The van der Waals surface area contributed by atoms with E-state index >= 15 is 0 Å². The summed E-state index contributed by atoms with van der Waals surface area (Å²) in [5.41, 5.74) is 6.84. The molecule has 0 bridgehead atoms. The highest BCUT2D eigenvalue weighted by atomic mass is 32.2. The van der Waals surface area contributed by atoms with Crippen molar-refractivity contribution in [1.29, 1.82) is 0 Å². The number of benzene rings is 1. The number of primary amides is 1. The minimum absolute atomic E-state index is 0.00803. The number of hydrogen-bond donors (Lipinski definition) is 2. The number of nitrogens with two attached hydrogens (primary N) is 1. The smallest absolute Gasteiger partial charge is 0.254 e. The molecule has 1 spiro atoms. The monoisotopic (exact) mass is 539 g/mol. The Kier molecular flexibility index (Phi) is 6.65. The Hall–Kier alpha value is -3.54. The fraction of sp³-hybridized carbons (Fsp3) is 0.360. The van der Waals surface area contributed by atoms with Crippen LogP contribution in [0.3, 0.4) is 0 Å². The Bertz CT molecular complexity index is 1560. The third-order valence-corrected chi connectivity index (χ3v) is 8.33. The van der Waals surface area contributed by atoms with E-state index in [1.165, 1.54) is 24.5 Å². The molecule has 0 atom stereocenters. The zero-order valence-corrected chi connectivity index (χ0v) is 22.0. The van der Waals surface area contributed by atoms with Crippen LogP contribution in [0.5, 0.6) is 5.88 Å². The third kappa shape index (κ3) is 5.61. The lowest BCUT2D eigenvalue weighted by atomic mass is 9.49. The van der Waals surface area contributed by atoms with Gasteiger partial charge in [-0.05, 0) is 72.2 Å². The molecule has 2 saturated carbocycles. The zero-order chi connectivity index (χ0) is 28.2. The number of carbonyl (C=O) groups is 2. The SMILES string of the molecule is [B]C([B])([B])n1cc(-c2cc(C(=O)NC3CC4(C3)CC(Oc3ncccc3C(N)=O)C4)cc(S(C)(=O)=O)c2)cn1. The predicted octanol–water partition coefficient (Wildman–Crippen LogP) is 0.641. The van der Waals surface area contributed by atoms with Gasteiger partial charge in [-0.25, -0.2) is 13.4 Å². The minimum atomic E-state index is -3.61. The van der Waals surface area contributed by atoms with Gasteiger partial charge in [-0.15, -0.1) is 0 Å². The van der Waals surface area contributed by atoms with E-state index in [4.69, 9.17) is 34.0 Å². The van der Waals surface area contributed by atoms with Crippen LogP contribution in [-0.2, 0) is 15.1 Å². The van der Waals surface area contributed by atoms with E-state index in [0.717, 1.165) is 36.6 Å². The first-order valence-corrected chi connectivity index (χ1v) is 14.1. The molecule has 10 nitrogen and oxygen atoms in total. The number of ether oxygens (including phenoxy) is 1. The molecule has 39 heavy (non-hydrogen) atoms. The fourth-order valence-corrected chi connectivity index (χ4v) is 5.99. The van der Waals surface area contributed by atoms with Crippen LogP contribution in [0.2, 0.25) is 0 Å². The summed E-state index contributed by atoms with van der Waals surface area (Å²) in [5, 5.41) is 5.30. The molecule has 2 heterocycles. The lowest BCUT2D eigenvalue weighted by Crippen LogP contribution is -2.58. The van der Waals surface area contributed by atoms with E-state index < -0.39 is 21.0 Å². The highest BCUT2D eigenvalue weighted by Gasteiger charge is 2.54. The fourth-order valence-electron chi connectivity index (χ4n) is 5.30. The number of pyridine rings is 1. The number of carbonyl (C=O) groups excluding carboxylic acids is 2. The Morgan fingerprint density at radius 3 is 2.49 bits per heavy atom. The lowest BCUT2D eigenvalue weighted by Gasteiger charge is -2.57. The summed E-state index contributed by atoms with van der Waals surface area (Å²) >= 11 is 0. The number of sulfone groups is 1. The topological polar surface area (TPSA) is 146 Å². The third-order valence-electron chi connectivity index (χ3n) is 7.24. The summed E-state index contributed by atoms with van der Waals surface area (Å²) < 4.78 is 31.7. The van der Waals surface area contributed by atoms with E-state index in [1.807, 2.05) is 0 Å². The van der Waals surface area contributed by atoms with Crippen LogP contribution >= 0.6 is 0 Å². The van der Waals surface area contributed by atoms with Crippen molar-refractivity contribution < 1.29 is 22.7 Å². The molecule has 194 valence electrons. The van der Waals surface area contributed by atoms with Gasteiger partial charge < -0.3 is 15.8 Å². The first-order chi connectivity index (χ1) is 18.2. The summed E-state index contributed by atoms with van der Waals surface area (Å²) in [6.07, 6.45) is 8.53. The Labute approximate surface area is 230 Å². The van der Waals surface area contributed by atoms with E-state index in [-0.39, 0.29) is 45.4 Å². The highest BCUT2D eigenvalue weighted by Crippen LogP contribution is 2.56. The summed E-state index contributed by atoms with van der Waals surface area (Å²) in [6, 6.07) is 7.53. The maximum Gasteiger partial charge on any atom is 0.254 e. The second-order valence-electron chi connectivity index (χ2n) is 10.5. The van der Waals surface area contributed by atoms with Crippen molar-refractivity contribution in [3.05, 3.63) is 60.0 Å². The van der Waals surface area contributed by atoms with Crippen LogP contribution in [0, 0.1) is 5.41 Å². The largest absolute Gasteiger partial charge is 0.474 e. The number of nitrogens with one attached hydrogen (secondary N) is 1. The number of rotatable bonds is 8. The summed E-state index contributed by atoms with van der Waals surface area (Å²) in [4.78, 5) is 28.8. The Morgan fingerprint density at radius 1 is 1.15 bits per heavy atom. The van der Waals surface area contributed by atoms with Crippen molar-refractivity contribution in [1.82, 2.24) is 20.1 Å². The molecule has 3 N–H and O–H groups in total. The average Bonchev–Trinajstić information content (AvgIpc) is 3.32. The van der Waals surface area contributed by atoms with E-state index in [2.05, 4.69) is 15.4 Å². The van der Waals surface area contributed by atoms with Crippen molar-refractivity contribution in [2.24, 2.45) is 11.1 Å². The van der Waals surface area contributed by atoms with Crippen LogP contribution < -0.4 is 15.8 Å². The van der Waals surface area contributed by atoms with E-state index in [9.17, 15) is 18.0 Å². The quantitative estimate of drug-likeness (QED) is 0.400. The number of amides is 2. The van der Waals surface area contributed by atoms with Gasteiger partial charge in [0.25, 0.3) is 11.8 Å². The van der Waals surface area contributed by atoms with Crippen LogP contribution in [0.4, 0.5) is 0 Å². The molecule has 2 aliphatic rings. The van der Waals surface area contributed by atoms with Gasteiger partial charge in [0.1, 0.15) is 11.7 Å². The molecular formula is C25H24B3N5O5S. The van der Waals surface area contributed by atoms with Gasteiger partial charge in [-0.2, -0.15) is 5.10 Å². The van der Waals surface area contributed by atoms with Crippen molar-refractivity contribution in [3.8, 4) is 17.0 Å². The first kappa shape index (κ1) is 27.0. The molecule has 0 saturated heterocycles. The summed E-state index contributed by atoms with van der Waals surface area (Å²) in [7, 11) is 13.4. The van der Waals surface area contributed by atoms with Crippen LogP contribution in [-0.4, -0.2) is 76.9 Å². The van der Waals surface area contributed by atoms with Crippen LogP contribution in [0.25, 0.3) is 11.1 Å². The Morgan fingerprint density at radius 2 is 1.87 bits per heavy atom. The van der Waals surface area contributed by atoms with Gasteiger partial charge in [0.2, 0.25) is 5.88 Å². The van der Waals surface area contributed by atoms with E-state index in [1.54, 1.807) is 24.4 Å². The zero-order valence-electron chi connectivity index (χ0n) is 21.2. The summed E-state index contributed by atoms with van der Waals surface area (Å²) in [6.45, 7) is 0. The normalized spacial score (nSPS) is 22.5. The van der Waals surface area contributed by atoms with Crippen molar-refractivity contribution in [2.45, 2.75) is 48.0 Å². The molecule has 2 aromatic heterocycles. The van der Waals surface area contributed by atoms with Gasteiger partial charge in [0.15, 0.2) is 9.84 Å². The maximum atomic E-state index is 13.1. The van der Waals surface area contributed by atoms with E-state index in [0.29, 0.717) is 11.1 Å². The molecular weight excluding hydrogens is 515 g/mol. The van der Waals surface area contributed by atoms with Gasteiger partial charge in [-0.3, -0.25) is 14.3 Å². The van der Waals surface area contributed by atoms with Crippen LogP contribution in [0.1, 0.15) is 46.4 Å². The first-order valence-electron chi connectivity index (χ1n) is 12.2. The number of hydrogen-bond acceptors (Lipinski definition) is 7. The van der Waals surface area contributed by atoms with Gasteiger partial charge in [0.05, 0.1) is 34.6 Å². The number of aromatic nitrogens is 3. The molecule has 0 unspecified atom stereocenters. The second-order valence-corrected chi connectivity index (χ2v) is 12.5. The summed E-state index contributed by atoms with van der Waals surface area (Å²) in [5.74, 6) is -0.746. The molecule has 2 amide bonds. The van der Waals surface area contributed by atoms with Crippen molar-refractivity contribution in [3.63, 3.8) is 0 Å². The predicted molar refractivity (Wildman–Crippen MR) is 145 cm³/mol. The number of nitrogens with zero attached hydrogens (tertiary/aromatic N) is 3. The molecule has 2 fully saturated rings. The highest BCUT2D eigenvalue weighted by molar-refractivity contribution is 7.90. The maximum absolute atomic E-state index is 13.1. The van der Waals surface area contributed by atoms with Crippen molar-refractivity contribution in [2.75, 3.05) is 6.26 Å². The van der Waals surface area contributed by atoms with Gasteiger partial charge in [0, 0.05) is 35.8 Å². The minimum Gasteiger partial charge on any atom is -0.474 e.